The molecule has 49 heavy (non-hydrogen) atoms. The maximum Gasteiger partial charge on any atom is 0.276 e. The number of rotatable bonds is 12. The molecule has 1 atom stereocenters. The summed E-state index contributed by atoms with van der Waals surface area (Å²) < 4.78 is 0. The van der Waals surface area contributed by atoms with E-state index in [4.69, 9.17) is 23.2 Å². The Balaban J connectivity index is 1.31. The smallest absolute Gasteiger partial charge is 0.276 e. The first-order valence-electron chi connectivity index (χ1n) is 14.7. The maximum absolute atomic E-state index is 13.6. The lowest BCUT2D eigenvalue weighted by Gasteiger charge is -2.15. The van der Waals surface area contributed by atoms with Gasteiger partial charge in [-0.05, 0) is 67.1 Å². The second kappa shape index (κ2) is 16.4. The van der Waals surface area contributed by atoms with Gasteiger partial charge in [0.05, 0.1) is 26.5 Å². The number of amides is 3. The third-order valence-electron chi connectivity index (χ3n) is 6.94. The molecule has 1 unspecified atom stereocenters. The Morgan fingerprint density at radius 3 is 2.45 bits per heavy atom. The number of nitro benzene ring substituents is 1. The Kier molecular flexibility index (Phi) is 11.8. The standard InChI is InChI=1S/C35H27Cl2N5O5S2/c1-2-31(34(45)41-35-40-29(20-48-35)26-16-15-23(36)18-27(26)37)49-25-13-8-12-24(19-25)38-33(44)28(39-32(43)21-9-4-3-5-10-21)17-22-11-6-7-14-30(22)42(46)47/h3-20,31H,2H2,1H3,(H,38,44)(H,39,43)(H,40,41,45)/b28-17+. The van der Waals surface area contributed by atoms with Gasteiger partial charge in [-0.3, -0.25) is 24.5 Å². The van der Waals surface area contributed by atoms with Crippen molar-refractivity contribution in [3.05, 3.63) is 139 Å². The predicted molar refractivity (Wildman–Crippen MR) is 196 cm³/mol. The molecule has 14 heteroatoms. The number of aromatic nitrogens is 1. The average Bonchev–Trinajstić information content (AvgIpc) is 3.55. The molecule has 0 radical (unpaired) electrons. The summed E-state index contributed by atoms with van der Waals surface area (Å²) in [6.45, 7) is 1.89. The highest BCUT2D eigenvalue weighted by Crippen LogP contribution is 2.33. The van der Waals surface area contributed by atoms with Gasteiger partial charge in [0, 0.05) is 38.2 Å². The molecule has 5 aromatic rings. The van der Waals surface area contributed by atoms with E-state index in [2.05, 4.69) is 20.9 Å². The van der Waals surface area contributed by atoms with Gasteiger partial charge in [-0.1, -0.05) is 66.5 Å². The molecule has 0 spiro atoms. The molecular weight excluding hydrogens is 705 g/mol. The first kappa shape index (κ1) is 35.3. The van der Waals surface area contributed by atoms with Crippen LogP contribution in [0.15, 0.2) is 113 Å². The average molecular weight is 733 g/mol. The third kappa shape index (κ3) is 9.33. The third-order valence-corrected chi connectivity index (χ3v) is 9.60. The van der Waals surface area contributed by atoms with Crippen LogP contribution in [0.3, 0.4) is 0 Å². The molecule has 0 bridgehead atoms. The van der Waals surface area contributed by atoms with E-state index in [1.807, 2.05) is 13.0 Å². The Morgan fingerprint density at radius 1 is 0.959 bits per heavy atom. The number of thiazole rings is 1. The fraction of sp³-hybridized carbons (Fsp3) is 0.0857. The molecule has 0 aliphatic rings. The molecule has 0 aliphatic heterocycles. The quantitative estimate of drug-likeness (QED) is 0.0503. The number of anilines is 2. The van der Waals surface area contributed by atoms with Crippen LogP contribution in [-0.4, -0.2) is 32.9 Å². The molecule has 0 saturated heterocycles. The second-order valence-corrected chi connectivity index (χ2v) is 13.3. The highest BCUT2D eigenvalue weighted by molar-refractivity contribution is 8.00. The van der Waals surface area contributed by atoms with E-state index < -0.39 is 22.0 Å². The van der Waals surface area contributed by atoms with Crippen molar-refractivity contribution in [2.45, 2.75) is 23.5 Å². The van der Waals surface area contributed by atoms with Crippen molar-refractivity contribution in [3.63, 3.8) is 0 Å². The molecule has 0 fully saturated rings. The van der Waals surface area contributed by atoms with Gasteiger partial charge in [0.1, 0.15) is 5.70 Å². The van der Waals surface area contributed by atoms with Gasteiger partial charge in [0.25, 0.3) is 17.5 Å². The number of benzene rings is 4. The van der Waals surface area contributed by atoms with Crippen LogP contribution in [0.2, 0.25) is 10.0 Å². The van der Waals surface area contributed by atoms with Crippen molar-refractivity contribution in [1.82, 2.24) is 10.3 Å². The largest absolute Gasteiger partial charge is 0.321 e. The van der Waals surface area contributed by atoms with Gasteiger partial charge < -0.3 is 16.0 Å². The van der Waals surface area contributed by atoms with Crippen molar-refractivity contribution in [2.24, 2.45) is 0 Å². The Hall–Kier alpha value is -5.01. The molecule has 4 aromatic carbocycles. The lowest BCUT2D eigenvalue weighted by atomic mass is 10.1. The number of halogens is 2. The van der Waals surface area contributed by atoms with E-state index in [1.54, 1.807) is 78.2 Å². The molecular formula is C35H27Cl2N5O5S2. The van der Waals surface area contributed by atoms with Gasteiger partial charge in [0.2, 0.25) is 5.91 Å². The Labute approximate surface area is 299 Å². The van der Waals surface area contributed by atoms with Crippen LogP contribution in [0.4, 0.5) is 16.5 Å². The normalized spacial score (nSPS) is 11.8. The van der Waals surface area contributed by atoms with Gasteiger partial charge in [-0.15, -0.1) is 23.1 Å². The van der Waals surface area contributed by atoms with Crippen molar-refractivity contribution < 1.29 is 19.3 Å². The molecule has 10 nitrogen and oxygen atoms in total. The lowest BCUT2D eigenvalue weighted by Crippen LogP contribution is -2.30. The number of thioether (sulfide) groups is 1. The zero-order valence-corrected chi connectivity index (χ0v) is 28.8. The minimum Gasteiger partial charge on any atom is -0.321 e. The first-order chi connectivity index (χ1) is 23.6. The minimum atomic E-state index is -0.699. The summed E-state index contributed by atoms with van der Waals surface area (Å²) in [4.78, 5) is 56.1. The summed E-state index contributed by atoms with van der Waals surface area (Å²) >= 11 is 14.9. The second-order valence-electron chi connectivity index (χ2n) is 10.3. The van der Waals surface area contributed by atoms with Crippen LogP contribution in [0, 0.1) is 10.1 Å². The molecule has 1 aromatic heterocycles. The predicted octanol–water partition coefficient (Wildman–Crippen LogP) is 8.94. The van der Waals surface area contributed by atoms with Crippen molar-refractivity contribution in [3.8, 4) is 11.3 Å². The number of para-hydroxylation sites is 1. The summed E-state index contributed by atoms with van der Waals surface area (Å²) in [5.74, 6) is -1.51. The lowest BCUT2D eigenvalue weighted by molar-refractivity contribution is -0.385. The maximum atomic E-state index is 13.6. The number of nitrogens with zero attached hydrogens (tertiary/aromatic N) is 2. The van der Waals surface area contributed by atoms with Gasteiger partial charge in [-0.25, -0.2) is 4.98 Å². The Bertz CT molecular complexity index is 2060. The number of nitrogens with one attached hydrogen (secondary N) is 3. The van der Waals surface area contributed by atoms with E-state index in [0.717, 1.165) is 0 Å². The highest BCUT2D eigenvalue weighted by Gasteiger charge is 2.22. The van der Waals surface area contributed by atoms with Crippen LogP contribution < -0.4 is 16.0 Å². The van der Waals surface area contributed by atoms with E-state index in [-0.39, 0.29) is 22.9 Å². The van der Waals surface area contributed by atoms with Gasteiger partial charge in [-0.2, -0.15) is 0 Å². The molecule has 1 heterocycles. The first-order valence-corrected chi connectivity index (χ1v) is 17.2. The molecule has 3 N–H and O–H groups in total. The fourth-order valence-corrected chi connectivity index (χ4v) is 6.78. The minimum absolute atomic E-state index is 0.135. The molecule has 5 rings (SSSR count). The van der Waals surface area contributed by atoms with Crippen molar-refractivity contribution in [1.29, 1.82) is 0 Å². The van der Waals surface area contributed by atoms with Crippen LogP contribution in [-0.2, 0) is 9.59 Å². The molecule has 0 saturated carbocycles. The summed E-state index contributed by atoms with van der Waals surface area (Å²) in [5, 5.41) is 22.6. The number of carbonyl (C=O) groups excluding carboxylic acids is 3. The SMILES string of the molecule is CCC(Sc1cccc(NC(=O)/C(=C\c2ccccc2[N+](=O)[O-])NC(=O)c2ccccc2)c1)C(=O)Nc1nc(-c2ccc(Cl)cc2Cl)cs1. The molecule has 248 valence electrons. The van der Waals surface area contributed by atoms with Crippen LogP contribution in [0.5, 0.6) is 0 Å². The number of nitro groups is 1. The number of hydrogen-bond acceptors (Lipinski definition) is 8. The van der Waals surface area contributed by atoms with Crippen LogP contribution >= 0.6 is 46.3 Å². The molecule has 3 amide bonds. The monoisotopic (exact) mass is 731 g/mol. The fourth-order valence-electron chi connectivity index (χ4n) is 4.54. The zero-order valence-electron chi connectivity index (χ0n) is 25.7. The summed E-state index contributed by atoms with van der Waals surface area (Å²) in [6.07, 6.45) is 1.76. The van der Waals surface area contributed by atoms with E-state index in [1.165, 1.54) is 47.4 Å². The zero-order chi connectivity index (χ0) is 34.9. The number of carbonyl (C=O) groups is 3. The van der Waals surface area contributed by atoms with Gasteiger partial charge in [0.15, 0.2) is 5.13 Å². The summed E-state index contributed by atoms with van der Waals surface area (Å²) in [6, 6.07) is 26.2. The highest BCUT2D eigenvalue weighted by atomic mass is 35.5. The Morgan fingerprint density at radius 2 is 1.71 bits per heavy atom. The van der Waals surface area contributed by atoms with Crippen LogP contribution in [0.1, 0.15) is 29.3 Å². The molecule has 0 aliphatic carbocycles. The summed E-state index contributed by atoms with van der Waals surface area (Å²) in [7, 11) is 0. The van der Waals surface area contributed by atoms with Crippen molar-refractivity contribution >= 4 is 86.6 Å². The van der Waals surface area contributed by atoms with Gasteiger partial charge >= 0.3 is 0 Å². The van der Waals surface area contributed by atoms with Crippen LogP contribution in [0.25, 0.3) is 17.3 Å². The summed E-state index contributed by atoms with van der Waals surface area (Å²) in [5.41, 5.74) is 1.70. The van der Waals surface area contributed by atoms with E-state index in [0.29, 0.717) is 49.0 Å². The topological polar surface area (TPSA) is 143 Å². The van der Waals surface area contributed by atoms with Crippen molar-refractivity contribution in [2.75, 3.05) is 10.6 Å². The van der Waals surface area contributed by atoms with E-state index in [9.17, 15) is 24.5 Å². The van der Waals surface area contributed by atoms with E-state index >= 15 is 0 Å². The number of hydrogen-bond donors (Lipinski definition) is 3.